The zero-order valence-corrected chi connectivity index (χ0v) is 15.9. The number of rotatable bonds is 2. The fourth-order valence-corrected chi connectivity index (χ4v) is 4.35. The van der Waals surface area contributed by atoms with Crippen molar-refractivity contribution in [2.45, 2.75) is 19.8 Å². The molecule has 0 unspecified atom stereocenters. The van der Waals surface area contributed by atoms with Crippen molar-refractivity contribution in [2.24, 2.45) is 0 Å². The molecule has 0 spiro atoms. The molecule has 1 aliphatic heterocycles. The van der Waals surface area contributed by atoms with Crippen LogP contribution in [0.3, 0.4) is 0 Å². The van der Waals surface area contributed by atoms with Crippen molar-refractivity contribution in [2.75, 3.05) is 19.7 Å². The number of nitrogens with zero attached hydrogens (tertiary/aromatic N) is 2. The molecule has 1 N–H and O–H groups in total. The molecule has 0 atom stereocenters. The Labute approximate surface area is 162 Å². The van der Waals surface area contributed by atoms with Crippen molar-refractivity contribution in [3.63, 3.8) is 0 Å². The molecule has 4 nitrogen and oxygen atoms in total. The van der Waals surface area contributed by atoms with Gasteiger partial charge < -0.3 is 10.0 Å². The van der Waals surface area contributed by atoms with Crippen molar-refractivity contribution >= 4 is 34.7 Å². The molecule has 1 aromatic carbocycles. The Morgan fingerprint density at radius 3 is 2.88 bits per heavy atom. The Hall–Kier alpha value is -1.88. The number of aromatic nitrogens is 1. The van der Waals surface area contributed by atoms with E-state index in [1.54, 1.807) is 11.1 Å². The number of pyridine rings is 1. The molecule has 2 aromatic rings. The van der Waals surface area contributed by atoms with Gasteiger partial charge in [0.25, 0.3) is 0 Å². The lowest BCUT2D eigenvalue weighted by molar-refractivity contribution is -0.133. The first-order valence-corrected chi connectivity index (χ1v) is 9.29. The summed E-state index contributed by atoms with van der Waals surface area (Å²) in [5, 5.41) is 10.3. The van der Waals surface area contributed by atoms with E-state index in [-0.39, 0.29) is 5.91 Å². The first-order valence-electron chi connectivity index (χ1n) is 8.53. The molecule has 4 rings (SSSR count). The predicted octanol–water partition coefficient (Wildman–Crippen LogP) is 3.90. The molecule has 0 bridgehead atoms. The van der Waals surface area contributed by atoms with Crippen LogP contribution in [-0.4, -0.2) is 40.6 Å². The smallest absolute Gasteiger partial charge is 0.248 e. The Kier molecular flexibility index (Phi) is 4.51. The Morgan fingerprint density at radius 1 is 1.35 bits per heavy atom. The molecule has 2 aliphatic rings. The highest BCUT2D eigenvalue weighted by Crippen LogP contribution is 2.47. The monoisotopic (exact) mass is 388 g/mol. The molecule has 0 fully saturated rings. The van der Waals surface area contributed by atoms with Crippen molar-refractivity contribution in [3.05, 3.63) is 56.8 Å². The molecule has 1 amide bonds. The van der Waals surface area contributed by atoms with Gasteiger partial charge in [0.15, 0.2) is 0 Å². The molecule has 26 heavy (non-hydrogen) atoms. The van der Waals surface area contributed by atoms with E-state index < -0.39 is 6.61 Å². The predicted molar refractivity (Wildman–Crippen MR) is 103 cm³/mol. The van der Waals surface area contributed by atoms with Gasteiger partial charge in [-0.25, -0.2) is 0 Å². The molecule has 1 aromatic heterocycles. The molecule has 134 valence electrons. The van der Waals surface area contributed by atoms with Gasteiger partial charge >= 0.3 is 0 Å². The van der Waals surface area contributed by atoms with Crippen LogP contribution in [0.25, 0.3) is 16.7 Å². The zero-order valence-electron chi connectivity index (χ0n) is 14.4. The van der Waals surface area contributed by atoms with Crippen LogP contribution in [0.5, 0.6) is 0 Å². The fourth-order valence-electron chi connectivity index (χ4n) is 3.91. The number of aliphatic hydroxyl groups is 1. The Morgan fingerprint density at radius 2 is 2.15 bits per heavy atom. The van der Waals surface area contributed by atoms with Crippen LogP contribution in [0.1, 0.15) is 23.2 Å². The summed E-state index contributed by atoms with van der Waals surface area (Å²) >= 11 is 13.0. The zero-order chi connectivity index (χ0) is 18.4. The number of hydrogen-bond acceptors (Lipinski definition) is 3. The normalized spacial score (nSPS) is 15.9. The Balaban J connectivity index is 1.88. The van der Waals surface area contributed by atoms with Gasteiger partial charge in [-0.2, -0.15) is 0 Å². The number of hydrogen-bond donors (Lipinski definition) is 1. The minimum absolute atomic E-state index is 0.244. The maximum atomic E-state index is 12.0. The average molecular weight is 389 g/mol. The average Bonchev–Trinajstić information content (AvgIpc) is 3.03. The molecule has 2 heterocycles. The topological polar surface area (TPSA) is 53.4 Å². The number of carbonyl (C=O) groups is 1. The van der Waals surface area contributed by atoms with E-state index in [0.29, 0.717) is 23.1 Å². The number of fused-ring (bicyclic) bond motifs is 2. The van der Waals surface area contributed by atoms with Crippen molar-refractivity contribution in [1.82, 2.24) is 9.88 Å². The third-order valence-corrected chi connectivity index (χ3v) is 5.99. The summed E-state index contributed by atoms with van der Waals surface area (Å²) in [5.41, 5.74) is 7.53. The lowest BCUT2D eigenvalue weighted by Gasteiger charge is -2.29. The van der Waals surface area contributed by atoms with Crippen LogP contribution in [0.2, 0.25) is 10.0 Å². The van der Waals surface area contributed by atoms with E-state index in [1.807, 2.05) is 25.1 Å². The minimum atomic E-state index is -0.465. The largest absolute Gasteiger partial charge is 0.387 e. The third-order valence-electron chi connectivity index (χ3n) is 5.16. The van der Waals surface area contributed by atoms with E-state index in [2.05, 4.69) is 4.98 Å². The van der Waals surface area contributed by atoms with Crippen LogP contribution >= 0.6 is 23.2 Å². The summed E-state index contributed by atoms with van der Waals surface area (Å²) < 4.78 is 0. The number of carbonyl (C=O) groups excluding carboxylic acids is 1. The van der Waals surface area contributed by atoms with Crippen molar-refractivity contribution in [1.29, 1.82) is 0 Å². The van der Waals surface area contributed by atoms with E-state index in [9.17, 15) is 9.90 Å². The van der Waals surface area contributed by atoms with Crippen LogP contribution in [0, 0.1) is 6.92 Å². The molecule has 0 radical (unpaired) electrons. The first-order chi connectivity index (χ1) is 12.5. The second-order valence-electron chi connectivity index (χ2n) is 6.74. The number of aryl methyl sites for hydroxylation is 1. The van der Waals surface area contributed by atoms with Crippen molar-refractivity contribution in [3.8, 4) is 11.1 Å². The summed E-state index contributed by atoms with van der Waals surface area (Å²) in [7, 11) is 0. The number of benzene rings is 1. The maximum absolute atomic E-state index is 12.0. The van der Waals surface area contributed by atoms with Gasteiger partial charge in [0, 0.05) is 25.0 Å². The maximum Gasteiger partial charge on any atom is 0.248 e. The van der Waals surface area contributed by atoms with Crippen LogP contribution < -0.4 is 0 Å². The Bertz CT molecular complexity index is 953. The van der Waals surface area contributed by atoms with Crippen LogP contribution in [0.4, 0.5) is 0 Å². The van der Waals surface area contributed by atoms with Gasteiger partial charge in [-0.3, -0.25) is 9.78 Å². The first kappa shape index (κ1) is 17.5. The summed E-state index contributed by atoms with van der Waals surface area (Å²) in [6.45, 7) is 2.61. The summed E-state index contributed by atoms with van der Waals surface area (Å²) in [5.74, 6) is -0.244. The lowest BCUT2D eigenvalue weighted by Crippen LogP contribution is -2.37. The molecule has 0 saturated heterocycles. The fraction of sp³-hybridized carbons (Fsp3) is 0.300. The summed E-state index contributed by atoms with van der Waals surface area (Å²) in [6, 6.07) is 5.89. The number of amides is 1. The standard InChI is InChI=1S/C20H18Cl2N2O2/c1-11-6-12(2-4-23-11)14-8-17(21)20(22)15-7-13-3-5-24(18(26)10-25)9-16(13)19(14)15/h2,4,6,8,25H,3,5,7,9-10H2,1H3. The van der Waals surface area contributed by atoms with E-state index in [4.69, 9.17) is 23.2 Å². The van der Waals surface area contributed by atoms with Gasteiger partial charge in [0.05, 0.1) is 10.0 Å². The highest BCUT2D eigenvalue weighted by atomic mass is 35.5. The molecule has 1 aliphatic carbocycles. The van der Waals surface area contributed by atoms with Gasteiger partial charge in [0.2, 0.25) is 5.91 Å². The number of aliphatic hydroxyl groups excluding tert-OH is 1. The van der Waals surface area contributed by atoms with Crippen LogP contribution in [0.15, 0.2) is 30.0 Å². The number of halogens is 2. The SMILES string of the molecule is Cc1cc(-c2cc(Cl)c(Cl)c3c2C2=C(CCN(C(=O)CO)C2)C3)ccn1. The van der Waals surface area contributed by atoms with E-state index in [0.717, 1.165) is 46.4 Å². The third kappa shape index (κ3) is 2.82. The van der Waals surface area contributed by atoms with Gasteiger partial charge in [-0.05, 0) is 65.8 Å². The summed E-state index contributed by atoms with van der Waals surface area (Å²) in [6.07, 6.45) is 3.34. The minimum Gasteiger partial charge on any atom is -0.387 e. The highest BCUT2D eigenvalue weighted by molar-refractivity contribution is 6.43. The van der Waals surface area contributed by atoms with Gasteiger partial charge in [-0.15, -0.1) is 0 Å². The highest BCUT2D eigenvalue weighted by Gasteiger charge is 2.33. The molecular weight excluding hydrogens is 371 g/mol. The van der Waals surface area contributed by atoms with Gasteiger partial charge in [0.1, 0.15) is 6.61 Å². The quantitative estimate of drug-likeness (QED) is 0.848. The van der Waals surface area contributed by atoms with Crippen molar-refractivity contribution < 1.29 is 9.90 Å². The molecular formula is C20H18Cl2N2O2. The molecule has 0 saturated carbocycles. The van der Waals surface area contributed by atoms with E-state index >= 15 is 0 Å². The second-order valence-corrected chi connectivity index (χ2v) is 7.53. The molecule has 6 heteroatoms. The summed E-state index contributed by atoms with van der Waals surface area (Å²) in [4.78, 5) is 18.0. The lowest BCUT2D eigenvalue weighted by atomic mass is 9.92. The van der Waals surface area contributed by atoms with Gasteiger partial charge in [-0.1, -0.05) is 28.8 Å². The van der Waals surface area contributed by atoms with E-state index in [1.165, 1.54) is 5.57 Å². The van der Waals surface area contributed by atoms with Crippen LogP contribution in [-0.2, 0) is 11.2 Å². The second kappa shape index (κ2) is 6.69.